The Kier molecular flexibility index (Phi) is 7.75. The number of hydrogen-bond donors (Lipinski definition) is 2. The van der Waals surface area contributed by atoms with Gasteiger partial charge in [-0.2, -0.15) is 0 Å². The average Bonchev–Trinajstić information content (AvgIpc) is 3.05. The molecule has 0 spiro atoms. The number of esters is 1. The average molecular weight is 474 g/mol. The summed E-state index contributed by atoms with van der Waals surface area (Å²) < 4.78 is 9.86. The predicted octanol–water partition coefficient (Wildman–Crippen LogP) is 1.59. The molecule has 0 atom stereocenters. The number of ether oxygens (including phenoxy) is 2. The van der Waals surface area contributed by atoms with Crippen LogP contribution in [0, 0.1) is 0 Å². The molecule has 0 saturated carbocycles. The minimum absolute atomic E-state index is 0.00143. The maximum atomic E-state index is 12.5. The molecule has 0 aromatic heterocycles. The molecule has 0 fully saturated rings. The third kappa shape index (κ3) is 5.54. The number of imide groups is 1. The van der Waals surface area contributed by atoms with E-state index in [0.29, 0.717) is 13.0 Å². The van der Waals surface area contributed by atoms with E-state index in [1.54, 1.807) is 12.1 Å². The highest BCUT2D eigenvalue weighted by molar-refractivity contribution is 6.33. The number of hydrogen-bond acceptors (Lipinski definition) is 7. The summed E-state index contributed by atoms with van der Waals surface area (Å²) in [6.07, 6.45) is 0.485. The Morgan fingerprint density at radius 3 is 2.45 bits per heavy atom. The van der Waals surface area contributed by atoms with Crippen molar-refractivity contribution in [3.05, 3.63) is 69.7 Å². The largest absolute Gasteiger partial charge is 0.452 e. The van der Waals surface area contributed by atoms with Crippen LogP contribution < -0.4 is 10.9 Å². The number of benzene rings is 2. The fourth-order valence-corrected chi connectivity index (χ4v) is 3.30. The molecule has 4 amide bonds. The Hall–Kier alpha value is -3.76. The smallest absolute Gasteiger partial charge is 0.338 e. The van der Waals surface area contributed by atoms with E-state index in [4.69, 9.17) is 21.1 Å². The number of carbonyl (C=O) groups excluding carboxylic acids is 5. The number of methoxy groups -OCH3 is 1. The molecule has 0 unspecified atom stereocenters. The second-order valence-electron chi connectivity index (χ2n) is 6.93. The fourth-order valence-electron chi connectivity index (χ4n) is 3.08. The van der Waals surface area contributed by atoms with Crippen LogP contribution in [0.25, 0.3) is 0 Å². The van der Waals surface area contributed by atoms with Crippen LogP contribution in [0.1, 0.15) is 47.9 Å². The summed E-state index contributed by atoms with van der Waals surface area (Å²) in [5.41, 5.74) is 4.71. The Balaban J connectivity index is 1.54. The SMILES string of the molecule is COCCCN1C(=O)c2ccc(C(=O)OCC(=O)NNC(=O)c3ccccc3Cl)cc2C1=O. The Labute approximate surface area is 193 Å². The van der Waals surface area contributed by atoms with Crippen molar-refractivity contribution in [3.8, 4) is 0 Å². The van der Waals surface area contributed by atoms with Gasteiger partial charge >= 0.3 is 5.97 Å². The molecule has 2 aromatic rings. The van der Waals surface area contributed by atoms with Gasteiger partial charge in [0.25, 0.3) is 23.6 Å². The molecule has 0 aliphatic carbocycles. The van der Waals surface area contributed by atoms with Gasteiger partial charge in [-0.05, 0) is 36.8 Å². The van der Waals surface area contributed by atoms with Crippen molar-refractivity contribution in [1.29, 1.82) is 0 Å². The molecule has 0 radical (unpaired) electrons. The summed E-state index contributed by atoms with van der Waals surface area (Å²) in [6.45, 7) is -0.0965. The molecule has 33 heavy (non-hydrogen) atoms. The van der Waals surface area contributed by atoms with Crippen molar-refractivity contribution in [2.75, 3.05) is 26.9 Å². The molecule has 2 N–H and O–H groups in total. The van der Waals surface area contributed by atoms with Gasteiger partial charge in [0.2, 0.25) is 0 Å². The van der Waals surface area contributed by atoms with Gasteiger partial charge in [0.15, 0.2) is 6.61 Å². The molecule has 0 saturated heterocycles. The second-order valence-corrected chi connectivity index (χ2v) is 7.33. The normalized spacial score (nSPS) is 12.4. The number of nitrogens with one attached hydrogen (secondary N) is 2. The van der Waals surface area contributed by atoms with Crippen molar-refractivity contribution in [1.82, 2.24) is 15.8 Å². The summed E-state index contributed by atoms with van der Waals surface area (Å²) >= 11 is 5.91. The number of fused-ring (bicyclic) bond motifs is 1. The Morgan fingerprint density at radius 2 is 1.73 bits per heavy atom. The lowest BCUT2D eigenvalue weighted by Crippen LogP contribution is -2.43. The summed E-state index contributed by atoms with van der Waals surface area (Å²) in [7, 11) is 1.52. The third-order valence-corrected chi connectivity index (χ3v) is 5.03. The number of rotatable bonds is 8. The van der Waals surface area contributed by atoms with Crippen LogP contribution in [0.3, 0.4) is 0 Å². The standard InChI is InChI=1S/C22H20ClN3O7/c1-32-10-4-9-26-20(29)14-8-7-13(11-16(14)21(26)30)22(31)33-12-18(27)24-25-19(28)15-5-2-3-6-17(15)23/h2-3,5-8,11H,4,9-10,12H2,1H3,(H,24,27)(H,25,28). The number of hydrazine groups is 1. The van der Waals surface area contributed by atoms with Gasteiger partial charge in [-0.25, -0.2) is 4.79 Å². The van der Waals surface area contributed by atoms with Crippen molar-refractivity contribution in [2.24, 2.45) is 0 Å². The first-order valence-electron chi connectivity index (χ1n) is 9.83. The van der Waals surface area contributed by atoms with Crippen LogP contribution in [0.2, 0.25) is 5.02 Å². The van der Waals surface area contributed by atoms with Crippen molar-refractivity contribution < 1.29 is 33.4 Å². The van der Waals surface area contributed by atoms with Crippen molar-refractivity contribution >= 4 is 41.2 Å². The monoisotopic (exact) mass is 473 g/mol. The van der Waals surface area contributed by atoms with Crippen LogP contribution in [-0.4, -0.2) is 61.4 Å². The van der Waals surface area contributed by atoms with Gasteiger partial charge < -0.3 is 9.47 Å². The fraction of sp³-hybridized carbons (Fsp3) is 0.227. The quantitative estimate of drug-likeness (QED) is 0.257. The molecule has 10 nitrogen and oxygen atoms in total. The van der Waals surface area contributed by atoms with Crippen LogP contribution in [0.15, 0.2) is 42.5 Å². The van der Waals surface area contributed by atoms with E-state index in [9.17, 15) is 24.0 Å². The van der Waals surface area contributed by atoms with E-state index < -0.39 is 36.2 Å². The van der Waals surface area contributed by atoms with Gasteiger partial charge in [-0.1, -0.05) is 23.7 Å². The first-order valence-corrected chi connectivity index (χ1v) is 10.2. The van der Waals surface area contributed by atoms with Gasteiger partial charge in [-0.3, -0.25) is 34.9 Å². The van der Waals surface area contributed by atoms with E-state index in [-0.39, 0.29) is 33.8 Å². The molecular formula is C22H20ClN3O7. The minimum atomic E-state index is -0.872. The highest BCUT2D eigenvalue weighted by Crippen LogP contribution is 2.24. The van der Waals surface area contributed by atoms with Crippen LogP contribution >= 0.6 is 11.6 Å². The number of amides is 4. The van der Waals surface area contributed by atoms with Gasteiger partial charge in [0.05, 0.1) is 27.3 Å². The Bertz CT molecular complexity index is 1120. The topological polar surface area (TPSA) is 131 Å². The zero-order valence-electron chi connectivity index (χ0n) is 17.6. The van der Waals surface area contributed by atoms with Gasteiger partial charge in [0, 0.05) is 20.3 Å². The van der Waals surface area contributed by atoms with Crippen LogP contribution in [0.5, 0.6) is 0 Å². The minimum Gasteiger partial charge on any atom is -0.452 e. The van der Waals surface area contributed by atoms with Gasteiger partial charge in [-0.15, -0.1) is 0 Å². The molecule has 172 valence electrons. The lowest BCUT2D eigenvalue weighted by Gasteiger charge is -2.12. The van der Waals surface area contributed by atoms with E-state index in [2.05, 4.69) is 10.9 Å². The highest BCUT2D eigenvalue weighted by Gasteiger charge is 2.35. The lowest BCUT2D eigenvalue weighted by molar-refractivity contribution is -0.125. The first kappa shape index (κ1) is 23.9. The molecule has 1 aliphatic heterocycles. The molecule has 1 aliphatic rings. The van der Waals surface area contributed by atoms with Crippen molar-refractivity contribution in [3.63, 3.8) is 0 Å². The maximum Gasteiger partial charge on any atom is 0.338 e. The highest BCUT2D eigenvalue weighted by atomic mass is 35.5. The number of halogens is 1. The second kappa shape index (κ2) is 10.7. The first-order chi connectivity index (χ1) is 15.8. The van der Waals surface area contributed by atoms with E-state index in [1.807, 2.05) is 0 Å². The number of carbonyl (C=O) groups is 5. The molecular weight excluding hydrogens is 454 g/mol. The van der Waals surface area contributed by atoms with Crippen LogP contribution in [-0.2, 0) is 14.3 Å². The van der Waals surface area contributed by atoms with E-state index in [1.165, 1.54) is 37.4 Å². The van der Waals surface area contributed by atoms with Crippen LogP contribution in [0.4, 0.5) is 0 Å². The van der Waals surface area contributed by atoms with Crippen molar-refractivity contribution in [2.45, 2.75) is 6.42 Å². The maximum absolute atomic E-state index is 12.5. The van der Waals surface area contributed by atoms with E-state index in [0.717, 1.165) is 4.90 Å². The zero-order valence-corrected chi connectivity index (χ0v) is 18.3. The molecule has 2 aromatic carbocycles. The lowest BCUT2D eigenvalue weighted by atomic mass is 10.1. The molecule has 11 heteroatoms. The number of nitrogens with zero attached hydrogens (tertiary/aromatic N) is 1. The molecule has 1 heterocycles. The molecule has 3 rings (SSSR count). The summed E-state index contributed by atoms with van der Waals surface area (Å²) in [4.78, 5) is 62.2. The van der Waals surface area contributed by atoms with Gasteiger partial charge in [0.1, 0.15) is 0 Å². The Morgan fingerprint density at radius 1 is 1.00 bits per heavy atom. The summed E-state index contributed by atoms with van der Waals surface area (Å²) in [5, 5.41) is 0.206. The summed E-state index contributed by atoms with van der Waals surface area (Å²) in [6, 6.07) is 10.2. The zero-order chi connectivity index (χ0) is 24.0. The molecule has 0 bridgehead atoms. The predicted molar refractivity (Wildman–Crippen MR) is 116 cm³/mol. The third-order valence-electron chi connectivity index (χ3n) is 4.70. The summed E-state index contributed by atoms with van der Waals surface area (Å²) in [5.74, 6) is -3.26. The van der Waals surface area contributed by atoms with E-state index >= 15 is 0 Å².